The molecule has 500 valence electrons. The molecule has 0 spiro atoms. The first-order valence-corrected chi connectivity index (χ1v) is 32.2. The van der Waals surface area contributed by atoms with Crippen molar-refractivity contribution in [1.29, 1.82) is 0 Å². The summed E-state index contributed by atoms with van der Waals surface area (Å²) in [7, 11) is 10.2. The molecule has 20 heteroatoms. The molecule has 2 N–H and O–H groups in total. The number of aliphatic hydroxyl groups excluding tert-OH is 1. The van der Waals surface area contributed by atoms with Crippen LogP contribution in [0.15, 0.2) is 12.2 Å². The van der Waals surface area contributed by atoms with Crippen molar-refractivity contribution < 1.29 is 57.8 Å². The second kappa shape index (κ2) is 38.1. The smallest absolute Gasteiger partial charge is 0.246 e. The largest absolute Gasteiger partial charge is 0.390 e. The molecule has 1 fully saturated rings. The van der Waals surface area contributed by atoms with Crippen LogP contribution in [0.3, 0.4) is 0 Å². The topological polar surface area (TPSA) is 243 Å². The van der Waals surface area contributed by atoms with Crippen LogP contribution >= 0.6 is 0 Å². The fourth-order valence-corrected chi connectivity index (χ4v) is 11.5. The van der Waals surface area contributed by atoms with E-state index in [1.165, 1.54) is 85.7 Å². The fourth-order valence-electron chi connectivity index (χ4n) is 11.5. The van der Waals surface area contributed by atoms with E-state index in [1.807, 2.05) is 82.2 Å². The second-order valence-electron chi connectivity index (χ2n) is 27.0. The van der Waals surface area contributed by atoms with E-state index < -0.39 is 144 Å². The average Bonchev–Trinajstić information content (AvgIpc) is 1.33. The molecule has 0 saturated carbocycles. The highest BCUT2D eigenvalue weighted by Crippen LogP contribution is 2.29. The third-order valence-corrected chi connectivity index (χ3v) is 17.1. The minimum absolute atomic E-state index is 0.0648. The van der Waals surface area contributed by atoms with E-state index in [0.29, 0.717) is 6.42 Å². The lowest BCUT2D eigenvalue weighted by atomic mass is 9.84. The zero-order valence-electron chi connectivity index (χ0n) is 58.7. The number of nitrogens with zero attached hydrogens (tertiary/aromatic N) is 7. The quantitative estimate of drug-likeness (QED) is 0.151. The molecule has 20 nitrogen and oxygen atoms in total. The van der Waals surface area contributed by atoms with E-state index >= 15 is 9.59 Å². The van der Waals surface area contributed by atoms with Gasteiger partial charge in [-0.25, -0.2) is 0 Å². The molecular formula is C67H120N8O12. The standard InChI is InChI=1S/C65H114N8O12.C2H6/c1-25-27-28-43(15)58(78)57-54(76)34-46(26-2)61(81)67(18)36-55(77)68(19)48(29-37(3)4)53(75)35-47(41(11)12)62(82)69(20)49(30-38(5)6)52(74)33-44(16)59(79)66-45(17)60(80)70(21)50(31-39(7)8)63(83)71(22)51(32-40(9)10)64(84)72(23)56(42(13)14)65(85)73(57)24;1-2/h25,27,37-51,56-58,78H,26,28-36H2,1-24H3,(H,66,79);1-2H3/b27-25+;/t43-,44-,45-,46-,47+,48+,49+,50+,51+,56+,57?,58-;/m1./s1. The first-order valence-electron chi connectivity index (χ1n) is 32.2. The first kappa shape index (κ1) is 81.5. The van der Waals surface area contributed by atoms with E-state index in [4.69, 9.17) is 0 Å². The summed E-state index contributed by atoms with van der Waals surface area (Å²) in [6.45, 7) is 34.1. The Morgan fingerprint density at radius 2 is 0.908 bits per heavy atom. The molecule has 1 aliphatic rings. The number of allylic oxidation sites excluding steroid dienone is 2. The van der Waals surface area contributed by atoms with Gasteiger partial charge in [0.25, 0.3) is 0 Å². The lowest BCUT2D eigenvalue weighted by molar-refractivity contribution is -0.157. The summed E-state index contributed by atoms with van der Waals surface area (Å²) in [6, 6.07) is -8.09. The number of carbonyl (C=O) groups is 11. The molecule has 8 amide bonds. The molecule has 12 atom stereocenters. The predicted octanol–water partition coefficient (Wildman–Crippen LogP) is 7.57. The number of amides is 8. The van der Waals surface area contributed by atoms with Crippen LogP contribution < -0.4 is 5.32 Å². The monoisotopic (exact) mass is 1230 g/mol. The summed E-state index contributed by atoms with van der Waals surface area (Å²) in [4.78, 5) is 170. The van der Waals surface area contributed by atoms with Gasteiger partial charge >= 0.3 is 0 Å². The highest BCUT2D eigenvalue weighted by Gasteiger charge is 2.45. The van der Waals surface area contributed by atoms with Crippen LogP contribution in [0.5, 0.6) is 0 Å². The summed E-state index contributed by atoms with van der Waals surface area (Å²) in [5, 5.41) is 14.9. The van der Waals surface area contributed by atoms with Crippen molar-refractivity contribution in [2.24, 2.45) is 59.2 Å². The van der Waals surface area contributed by atoms with Crippen LogP contribution in [0.25, 0.3) is 0 Å². The number of aliphatic hydroxyl groups is 1. The third kappa shape index (κ3) is 23.7. The summed E-state index contributed by atoms with van der Waals surface area (Å²) in [5.74, 6) is -10.7. The average molecular weight is 1230 g/mol. The zero-order chi connectivity index (χ0) is 68.0. The molecule has 0 radical (unpaired) electrons. The summed E-state index contributed by atoms with van der Waals surface area (Å²) < 4.78 is 0. The third-order valence-electron chi connectivity index (χ3n) is 17.1. The molecule has 1 rings (SSSR count). The number of carbonyl (C=O) groups excluding carboxylic acids is 11. The fraction of sp³-hybridized carbons (Fsp3) is 0.806. The van der Waals surface area contributed by atoms with Gasteiger partial charge in [0, 0.05) is 86.3 Å². The van der Waals surface area contributed by atoms with Gasteiger partial charge in [0.15, 0.2) is 17.3 Å². The molecule has 0 bridgehead atoms. The molecule has 1 heterocycles. The maximum Gasteiger partial charge on any atom is 0.246 e. The Labute approximate surface area is 525 Å². The number of nitrogens with one attached hydrogen (secondary N) is 1. The van der Waals surface area contributed by atoms with Crippen LogP contribution in [0, 0.1) is 59.2 Å². The van der Waals surface area contributed by atoms with E-state index in [-0.39, 0.29) is 86.1 Å². The van der Waals surface area contributed by atoms with Crippen molar-refractivity contribution in [2.45, 2.75) is 238 Å². The minimum atomic E-state index is -1.49. The lowest BCUT2D eigenvalue weighted by Gasteiger charge is -2.41. The van der Waals surface area contributed by atoms with Crippen molar-refractivity contribution in [3.05, 3.63) is 12.2 Å². The molecule has 0 aromatic carbocycles. The van der Waals surface area contributed by atoms with Gasteiger partial charge in [-0.1, -0.05) is 130 Å². The summed E-state index contributed by atoms with van der Waals surface area (Å²) in [6.07, 6.45) is 2.59. The van der Waals surface area contributed by atoms with Gasteiger partial charge in [0.2, 0.25) is 47.3 Å². The number of ketones is 3. The maximum absolute atomic E-state index is 15.2. The van der Waals surface area contributed by atoms with E-state index in [9.17, 15) is 48.3 Å². The van der Waals surface area contributed by atoms with Crippen LogP contribution in [-0.4, -0.2) is 208 Å². The summed E-state index contributed by atoms with van der Waals surface area (Å²) >= 11 is 0. The Morgan fingerprint density at radius 3 is 1.34 bits per heavy atom. The van der Waals surface area contributed by atoms with Crippen molar-refractivity contribution in [1.82, 2.24) is 39.6 Å². The predicted molar refractivity (Wildman–Crippen MR) is 343 cm³/mol. The van der Waals surface area contributed by atoms with Gasteiger partial charge in [-0.05, 0) is 93.8 Å². The normalized spacial score (nSPS) is 26.6. The lowest BCUT2D eigenvalue weighted by Crippen LogP contribution is -2.61. The molecule has 1 saturated heterocycles. The number of likely N-dealkylation sites (N-methyl/N-ethyl adjacent to an activating group) is 7. The van der Waals surface area contributed by atoms with Crippen LogP contribution in [-0.2, 0) is 52.7 Å². The zero-order valence-corrected chi connectivity index (χ0v) is 58.7. The van der Waals surface area contributed by atoms with Crippen LogP contribution in [0.1, 0.15) is 189 Å². The number of hydrogen-bond acceptors (Lipinski definition) is 12. The SMILES string of the molecule is C/C=C/C[C@@H](C)[C@@H](O)C1C(=O)C[C@@H](CC)C(=O)N(C)CC(=O)N(C)[C@@H](CC(C)C)C(=O)C[C@@H](C(C)C)C(=O)N(C)[C@@H](CC(C)C)C(=O)C[C@@H](C)C(=O)N[C@H](C)C(=O)N(C)[C@@H](CC(C)C)C(=O)N(C)[C@@H](CC(C)C)C(=O)N(C)[C@@H](C(C)C)C(=O)N1C.CC. The van der Waals surface area contributed by atoms with Gasteiger partial charge in [-0.3, -0.25) is 52.7 Å². The number of Topliss-reactive ketones (excluding diaryl/α,β-unsaturated/α-hetero) is 3. The Hall–Kier alpha value is -5.53. The molecule has 87 heavy (non-hydrogen) atoms. The Bertz CT molecular complexity index is 2320. The second-order valence-corrected chi connectivity index (χ2v) is 27.0. The Kier molecular flexibility index (Phi) is 35.7. The van der Waals surface area contributed by atoms with Crippen molar-refractivity contribution in [3.63, 3.8) is 0 Å². The Morgan fingerprint density at radius 1 is 0.494 bits per heavy atom. The highest BCUT2D eigenvalue weighted by molar-refractivity contribution is 5.99. The minimum Gasteiger partial charge on any atom is -0.390 e. The van der Waals surface area contributed by atoms with E-state index in [2.05, 4.69) is 5.32 Å². The van der Waals surface area contributed by atoms with Crippen LogP contribution in [0.2, 0.25) is 0 Å². The van der Waals surface area contributed by atoms with Gasteiger partial charge in [-0.2, -0.15) is 0 Å². The number of hydrogen-bond donors (Lipinski definition) is 2. The van der Waals surface area contributed by atoms with Gasteiger partial charge in [0.1, 0.15) is 30.2 Å². The van der Waals surface area contributed by atoms with E-state index in [1.54, 1.807) is 54.5 Å². The van der Waals surface area contributed by atoms with Gasteiger partial charge in [0.05, 0.1) is 24.7 Å². The molecule has 0 aromatic rings. The maximum atomic E-state index is 15.2. The van der Waals surface area contributed by atoms with Crippen LogP contribution in [0.4, 0.5) is 0 Å². The van der Waals surface area contributed by atoms with Crippen molar-refractivity contribution in [3.8, 4) is 0 Å². The Balaban J connectivity index is 0.0000366. The molecular weight excluding hydrogens is 1110 g/mol. The first-order chi connectivity index (χ1) is 40.2. The molecule has 0 aliphatic carbocycles. The number of rotatable bonds is 15. The van der Waals surface area contributed by atoms with Gasteiger partial charge in [-0.15, -0.1) is 0 Å². The van der Waals surface area contributed by atoms with Crippen molar-refractivity contribution >= 4 is 64.6 Å². The summed E-state index contributed by atoms with van der Waals surface area (Å²) in [5.41, 5.74) is 0. The van der Waals surface area contributed by atoms with Gasteiger partial charge < -0.3 is 44.7 Å². The van der Waals surface area contributed by atoms with E-state index in [0.717, 1.165) is 4.90 Å². The molecule has 1 aliphatic heterocycles. The molecule has 1 unspecified atom stereocenters. The van der Waals surface area contributed by atoms with Crippen molar-refractivity contribution in [2.75, 3.05) is 55.9 Å². The molecule has 0 aromatic heterocycles. The highest BCUT2D eigenvalue weighted by atomic mass is 16.3.